The van der Waals surface area contributed by atoms with Crippen molar-refractivity contribution in [2.45, 2.75) is 12.6 Å². The van der Waals surface area contributed by atoms with E-state index < -0.39 is 5.72 Å². The highest BCUT2D eigenvalue weighted by molar-refractivity contribution is 5.67. The van der Waals surface area contributed by atoms with Gasteiger partial charge in [0.05, 0.1) is 11.3 Å². The summed E-state index contributed by atoms with van der Waals surface area (Å²) in [6.07, 6.45) is 3.32. The zero-order valence-corrected chi connectivity index (χ0v) is 14.6. The van der Waals surface area contributed by atoms with Crippen molar-refractivity contribution in [2.24, 2.45) is 0 Å². The molecule has 0 radical (unpaired) electrons. The molecule has 26 heavy (non-hydrogen) atoms. The van der Waals surface area contributed by atoms with E-state index in [1.807, 2.05) is 12.1 Å². The zero-order chi connectivity index (χ0) is 18.6. The molecule has 1 heterocycles. The molecule has 0 unspecified atom stereocenters. The van der Waals surface area contributed by atoms with E-state index >= 15 is 0 Å². The summed E-state index contributed by atoms with van der Waals surface area (Å²) in [5.74, 6) is 0.105. The number of hydrogen-bond donors (Lipinski definition) is 1. The van der Waals surface area contributed by atoms with E-state index in [9.17, 15) is 20.9 Å². The number of nitriles is 3. The van der Waals surface area contributed by atoms with Crippen molar-refractivity contribution in [1.82, 2.24) is 4.90 Å². The maximum atomic E-state index is 9.89. The lowest BCUT2D eigenvalue weighted by Gasteiger charge is -2.34. The van der Waals surface area contributed by atoms with Gasteiger partial charge in [-0.1, -0.05) is 30.4 Å². The first-order chi connectivity index (χ1) is 11.9. The summed E-state index contributed by atoms with van der Waals surface area (Å²) in [5.41, 5.74) is 0.312. The second kappa shape index (κ2) is 8.00. The first-order valence-corrected chi connectivity index (χ1v) is 7.39. The fraction of sp³-hybridized carbons (Fsp3) is 0.211. The average Bonchev–Trinajstić information content (AvgIpc) is 2.84. The molecule has 0 aliphatic carbocycles. The third-order valence-corrected chi connectivity index (χ3v) is 4.32. The van der Waals surface area contributed by atoms with Crippen molar-refractivity contribution in [3.63, 3.8) is 0 Å². The van der Waals surface area contributed by atoms with Gasteiger partial charge in [-0.05, 0) is 13.0 Å². The third-order valence-electron chi connectivity index (χ3n) is 4.32. The van der Waals surface area contributed by atoms with Crippen LogP contribution in [-0.4, -0.2) is 35.4 Å². The average molecular weight is 350 g/mol. The van der Waals surface area contributed by atoms with Gasteiger partial charge < -0.3 is 20.2 Å². The van der Waals surface area contributed by atoms with E-state index in [0.29, 0.717) is 11.1 Å². The van der Waals surface area contributed by atoms with E-state index in [0.717, 1.165) is 0 Å². The molecular weight excluding hydrogens is 332 g/mol. The van der Waals surface area contributed by atoms with Gasteiger partial charge in [0.25, 0.3) is 0 Å². The van der Waals surface area contributed by atoms with Gasteiger partial charge in [0, 0.05) is 25.3 Å². The summed E-state index contributed by atoms with van der Waals surface area (Å²) in [6.45, 7) is 1.74. The lowest BCUT2D eigenvalue weighted by molar-refractivity contribution is -0.0512. The standard InChI is InChI=1S/C19H16N4O2.H2O/c1-19(25-3)16(9-8-13-6-4-5-7-17(13)24)15(12-22)18(23(19)2)14(10-20)11-21;/h4-9,24H,1-3H3;1H2/b9-8+;/t19-;/m0./s1. The first-order valence-electron chi connectivity index (χ1n) is 7.39. The summed E-state index contributed by atoms with van der Waals surface area (Å²) >= 11 is 0. The number of benzene rings is 1. The van der Waals surface area contributed by atoms with E-state index in [4.69, 9.17) is 4.74 Å². The SMILES string of the molecule is CO[C@@]1(C)C(/C=C/c2ccccc2O)=C(C#N)C(=C(C#N)C#N)N1C.O. The van der Waals surface area contributed by atoms with Gasteiger partial charge in [-0.2, -0.15) is 15.8 Å². The molecule has 0 fully saturated rings. The van der Waals surface area contributed by atoms with Crippen molar-refractivity contribution >= 4 is 6.08 Å². The van der Waals surface area contributed by atoms with Crippen LogP contribution in [0.1, 0.15) is 12.5 Å². The van der Waals surface area contributed by atoms with Gasteiger partial charge in [-0.15, -0.1) is 0 Å². The highest BCUT2D eigenvalue weighted by Gasteiger charge is 2.45. The molecule has 1 aliphatic rings. The smallest absolute Gasteiger partial charge is 0.165 e. The van der Waals surface area contributed by atoms with Crippen molar-refractivity contribution in [2.75, 3.05) is 14.2 Å². The number of nitrogens with zero attached hydrogens (tertiary/aromatic N) is 4. The molecule has 3 N–H and O–H groups in total. The highest BCUT2D eigenvalue weighted by Crippen LogP contribution is 2.42. The van der Waals surface area contributed by atoms with Crippen LogP contribution in [0.3, 0.4) is 0 Å². The molecule has 1 atom stereocenters. The zero-order valence-electron chi connectivity index (χ0n) is 14.6. The Morgan fingerprint density at radius 2 is 1.81 bits per heavy atom. The second-order valence-electron chi connectivity index (χ2n) is 5.49. The van der Waals surface area contributed by atoms with Crippen LogP contribution in [0.2, 0.25) is 0 Å². The molecule has 1 aliphatic heterocycles. The Morgan fingerprint density at radius 1 is 1.19 bits per heavy atom. The molecular formula is C19H18N4O3. The van der Waals surface area contributed by atoms with Crippen LogP contribution in [0.25, 0.3) is 6.08 Å². The molecule has 0 saturated carbocycles. The number of allylic oxidation sites excluding steroid dienone is 2. The van der Waals surface area contributed by atoms with E-state index in [-0.39, 0.29) is 28.1 Å². The van der Waals surface area contributed by atoms with Crippen LogP contribution in [0.4, 0.5) is 0 Å². The number of para-hydroxylation sites is 1. The number of rotatable bonds is 3. The minimum absolute atomic E-state index is 0. The van der Waals surface area contributed by atoms with Crippen molar-refractivity contribution < 1.29 is 15.3 Å². The van der Waals surface area contributed by atoms with Gasteiger partial charge >= 0.3 is 0 Å². The number of phenolic OH excluding ortho intramolecular Hbond substituents is 1. The Bertz CT molecular complexity index is 909. The molecule has 0 aromatic heterocycles. The molecule has 1 aromatic rings. The summed E-state index contributed by atoms with van der Waals surface area (Å²) in [6, 6.07) is 12.5. The molecule has 132 valence electrons. The molecule has 0 saturated heterocycles. The lowest BCUT2D eigenvalue weighted by Crippen LogP contribution is -2.42. The molecule has 0 amide bonds. The van der Waals surface area contributed by atoms with Crippen molar-refractivity contribution in [1.29, 1.82) is 15.8 Å². The van der Waals surface area contributed by atoms with E-state index in [1.165, 1.54) is 7.11 Å². The number of ether oxygens (including phenoxy) is 1. The number of aromatic hydroxyl groups is 1. The van der Waals surface area contributed by atoms with Crippen molar-refractivity contribution in [3.8, 4) is 24.0 Å². The first kappa shape index (κ1) is 20.5. The number of phenols is 1. The maximum absolute atomic E-state index is 9.89. The Kier molecular flexibility index (Phi) is 6.30. The van der Waals surface area contributed by atoms with Crippen LogP contribution in [-0.2, 0) is 4.74 Å². The fourth-order valence-corrected chi connectivity index (χ4v) is 2.74. The highest BCUT2D eigenvalue weighted by atomic mass is 16.5. The van der Waals surface area contributed by atoms with Crippen LogP contribution in [0, 0.1) is 34.0 Å². The van der Waals surface area contributed by atoms with Crippen LogP contribution in [0.5, 0.6) is 5.75 Å². The topological polar surface area (TPSA) is 136 Å². The second-order valence-corrected chi connectivity index (χ2v) is 5.49. The molecule has 7 heteroatoms. The number of methoxy groups -OCH3 is 1. The Labute approximate surface area is 151 Å². The quantitative estimate of drug-likeness (QED) is 0.828. The lowest BCUT2D eigenvalue weighted by atomic mass is 10.00. The molecule has 0 spiro atoms. The molecule has 7 nitrogen and oxygen atoms in total. The summed E-state index contributed by atoms with van der Waals surface area (Å²) < 4.78 is 5.59. The van der Waals surface area contributed by atoms with Crippen LogP contribution < -0.4 is 0 Å². The van der Waals surface area contributed by atoms with Crippen LogP contribution >= 0.6 is 0 Å². The van der Waals surface area contributed by atoms with E-state index in [1.54, 1.807) is 55.3 Å². The largest absolute Gasteiger partial charge is 0.507 e. The predicted molar refractivity (Wildman–Crippen MR) is 94.8 cm³/mol. The molecule has 2 rings (SSSR count). The maximum Gasteiger partial charge on any atom is 0.165 e. The summed E-state index contributed by atoms with van der Waals surface area (Å²) in [7, 11) is 3.15. The van der Waals surface area contributed by atoms with E-state index in [2.05, 4.69) is 6.07 Å². The fourth-order valence-electron chi connectivity index (χ4n) is 2.74. The monoisotopic (exact) mass is 350 g/mol. The third kappa shape index (κ3) is 3.16. The van der Waals surface area contributed by atoms with Crippen LogP contribution in [0.15, 0.2) is 52.8 Å². The minimum Gasteiger partial charge on any atom is -0.507 e. The Balaban J connectivity index is 0.00000338. The van der Waals surface area contributed by atoms with Gasteiger partial charge in [0.1, 0.15) is 24.0 Å². The predicted octanol–water partition coefficient (Wildman–Crippen LogP) is 2.01. The van der Waals surface area contributed by atoms with Crippen molar-refractivity contribution in [3.05, 3.63) is 58.3 Å². The van der Waals surface area contributed by atoms with Gasteiger partial charge in [0.2, 0.25) is 0 Å². The Morgan fingerprint density at radius 3 is 2.31 bits per heavy atom. The van der Waals surface area contributed by atoms with Gasteiger partial charge in [0.15, 0.2) is 11.3 Å². The minimum atomic E-state index is -1.03. The summed E-state index contributed by atoms with van der Waals surface area (Å²) in [4.78, 5) is 1.60. The number of likely N-dealkylation sites (N-methyl/N-ethyl adjacent to an activating group) is 1. The number of hydrogen-bond acceptors (Lipinski definition) is 6. The Hall–Kier alpha value is -3.57. The normalized spacial score (nSPS) is 18.9. The van der Waals surface area contributed by atoms with Gasteiger partial charge in [-0.25, -0.2) is 0 Å². The molecule has 1 aromatic carbocycles. The summed E-state index contributed by atoms with van der Waals surface area (Å²) in [5, 5.41) is 37.9. The van der Waals surface area contributed by atoms with Gasteiger partial charge in [-0.3, -0.25) is 0 Å². The molecule has 0 bridgehead atoms.